The highest BCUT2D eigenvalue weighted by Crippen LogP contribution is 2.12. The van der Waals surface area contributed by atoms with Crippen molar-refractivity contribution in [3.05, 3.63) is 70.2 Å². The maximum atomic E-state index is 7.39. The predicted molar refractivity (Wildman–Crippen MR) is 84.7 cm³/mol. The minimum atomic E-state index is 0. The van der Waals surface area contributed by atoms with E-state index in [4.69, 9.17) is 27.5 Å². The molecule has 0 saturated carbocycles. The Labute approximate surface area is 129 Å². The lowest BCUT2D eigenvalue weighted by Crippen LogP contribution is -2.11. The third-order valence-corrected chi connectivity index (χ3v) is 2.94. The first kappa shape index (κ1) is 16.5. The van der Waals surface area contributed by atoms with Crippen molar-refractivity contribution in [1.82, 2.24) is 0 Å². The molecule has 2 rings (SSSR count). The fourth-order valence-electron chi connectivity index (χ4n) is 1.70. The van der Waals surface area contributed by atoms with E-state index < -0.39 is 0 Å². The lowest BCUT2D eigenvalue weighted by atomic mass is 10.1. The van der Waals surface area contributed by atoms with Crippen LogP contribution in [0.25, 0.3) is 0 Å². The molecule has 0 amide bonds. The molecule has 2 aromatic carbocycles. The number of hydrogen-bond donors (Lipinski definition) is 2. The molecule has 5 heteroatoms. The molecule has 0 aliphatic carbocycles. The molecule has 106 valence electrons. The summed E-state index contributed by atoms with van der Waals surface area (Å²) in [5.41, 5.74) is 8.24. The van der Waals surface area contributed by atoms with Gasteiger partial charge in [0.15, 0.2) is 0 Å². The van der Waals surface area contributed by atoms with Gasteiger partial charge < -0.3 is 10.5 Å². The summed E-state index contributed by atoms with van der Waals surface area (Å²) in [4.78, 5) is 0. The molecule has 0 saturated heterocycles. The zero-order valence-electron chi connectivity index (χ0n) is 10.8. The second-order valence-electron chi connectivity index (χ2n) is 4.23. The minimum Gasteiger partial charge on any atom is -0.384 e. The highest BCUT2D eigenvalue weighted by molar-refractivity contribution is 6.30. The van der Waals surface area contributed by atoms with Crippen LogP contribution >= 0.6 is 24.0 Å². The van der Waals surface area contributed by atoms with Crippen LogP contribution in [0.3, 0.4) is 0 Å². The van der Waals surface area contributed by atoms with Crippen molar-refractivity contribution in [2.24, 2.45) is 5.73 Å². The number of hydrogen-bond acceptors (Lipinski definition) is 2. The molecule has 0 aliphatic rings. The summed E-state index contributed by atoms with van der Waals surface area (Å²) >= 11 is 5.82. The van der Waals surface area contributed by atoms with E-state index >= 15 is 0 Å². The Morgan fingerprint density at radius 3 is 2.35 bits per heavy atom. The van der Waals surface area contributed by atoms with Crippen LogP contribution in [0.4, 0.5) is 0 Å². The average Bonchev–Trinajstić information content (AvgIpc) is 2.41. The molecular formula is C15H16Cl2N2O. The van der Waals surface area contributed by atoms with Crippen LogP contribution in [0.5, 0.6) is 0 Å². The smallest absolute Gasteiger partial charge is 0.122 e. The zero-order chi connectivity index (χ0) is 13.7. The molecule has 0 unspecified atom stereocenters. The summed E-state index contributed by atoms with van der Waals surface area (Å²) in [5.74, 6) is 0.0690. The molecule has 20 heavy (non-hydrogen) atoms. The first-order valence-electron chi connectivity index (χ1n) is 5.90. The molecule has 0 spiro atoms. The van der Waals surface area contributed by atoms with E-state index in [1.165, 1.54) is 0 Å². The van der Waals surface area contributed by atoms with Gasteiger partial charge >= 0.3 is 0 Å². The van der Waals surface area contributed by atoms with Gasteiger partial charge in [0.25, 0.3) is 0 Å². The molecule has 3 nitrogen and oxygen atoms in total. The van der Waals surface area contributed by atoms with Crippen LogP contribution in [0.15, 0.2) is 48.5 Å². The van der Waals surface area contributed by atoms with Crippen molar-refractivity contribution < 1.29 is 4.74 Å². The molecule has 0 radical (unpaired) electrons. The molecule has 0 atom stereocenters. The number of ether oxygens (including phenoxy) is 1. The summed E-state index contributed by atoms with van der Waals surface area (Å²) in [6, 6.07) is 15.1. The largest absolute Gasteiger partial charge is 0.384 e. The number of rotatable bonds is 5. The summed E-state index contributed by atoms with van der Waals surface area (Å²) in [7, 11) is 0. The Hall–Kier alpha value is -1.55. The molecule has 0 heterocycles. The van der Waals surface area contributed by atoms with Gasteiger partial charge in [-0.1, -0.05) is 41.9 Å². The van der Waals surface area contributed by atoms with Crippen molar-refractivity contribution in [2.45, 2.75) is 13.2 Å². The van der Waals surface area contributed by atoms with Gasteiger partial charge in [0.1, 0.15) is 5.84 Å². The minimum absolute atomic E-state index is 0. The van der Waals surface area contributed by atoms with Gasteiger partial charge in [-0.15, -0.1) is 12.4 Å². The van der Waals surface area contributed by atoms with Crippen molar-refractivity contribution >= 4 is 29.8 Å². The van der Waals surface area contributed by atoms with Crippen LogP contribution in [0, 0.1) is 5.41 Å². The van der Waals surface area contributed by atoms with E-state index in [-0.39, 0.29) is 18.2 Å². The Balaban J connectivity index is 0.00000200. The third kappa shape index (κ3) is 4.85. The fraction of sp³-hybridized carbons (Fsp3) is 0.133. The van der Waals surface area contributed by atoms with E-state index in [9.17, 15) is 0 Å². The molecule has 0 bridgehead atoms. The number of halogens is 2. The van der Waals surface area contributed by atoms with Crippen LogP contribution in [-0.2, 0) is 18.0 Å². The van der Waals surface area contributed by atoms with Gasteiger partial charge in [-0.3, -0.25) is 5.41 Å². The Kier molecular flexibility index (Phi) is 6.52. The van der Waals surface area contributed by atoms with E-state index in [1.54, 1.807) is 0 Å². The molecule has 0 aromatic heterocycles. The number of benzene rings is 2. The van der Waals surface area contributed by atoms with Crippen molar-refractivity contribution in [1.29, 1.82) is 5.41 Å². The van der Waals surface area contributed by atoms with Crippen molar-refractivity contribution in [3.63, 3.8) is 0 Å². The van der Waals surface area contributed by atoms with E-state index in [1.807, 2.05) is 48.5 Å². The van der Waals surface area contributed by atoms with Gasteiger partial charge in [0, 0.05) is 10.6 Å². The van der Waals surface area contributed by atoms with Crippen molar-refractivity contribution in [2.75, 3.05) is 0 Å². The summed E-state index contributed by atoms with van der Waals surface area (Å²) in [5, 5.41) is 8.11. The highest BCUT2D eigenvalue weighted by atomic mass is 35.5. The first-order valence-corrected chi connectivity index (χ1v) is 6.28. The molecule has 2 aromatic rings. The van der Waals surface area contributed by atoms with Gasteiger partial charge in [-0.25, -0.2) is 0 Å². The standard InChI is InChI=1S/C15H15ClN2O.ClH/c16-14-6-4-11(5-7-14)9-19-10-12-2-1-3-13(8-12)15(17)18;/h1-8H,9-10H2,(H3,17,18);1H. The quantitative estimate of drug-likeness (QED) is 0.652. The lowest BCUT2D eigenvalue weighted by Gasteiger charge is -2.06. The fourth-order valence-corrected chi connectivity index (χ4v) is 1.82. The Bertz CT molecular complexity index is 570. The summed E-state index contributed by atoms with van der Waals surface area (Å²) in [6.45, 7) is 1.02. The maximum Gasteiger partial charge on any atom is 0.122 e. The second kappa shape index (κ2) is 7.90. The van der Waals surface area contributed by atoms with Crippen LogP contribution in [-0.4, -0.2) is 5.84 Å². The normalized spacial score (nSPS) is 9.85. The van der Waals surface area contributed by atoms with E-state index in [0.29, 0.717) is 18.8 Å². The first-order chi connectivity index (χ1) is 9.15. The highest BCUT2D eigenvalue weighted by Gasteiger charge is 1.99. The number of amidine groups is 1. The number of nitrogen functional groups attached to an aromatic ring is 1. The Morgan fingerprint density at radius 1 is 1.05 bits per heavy atom. The van der Waals surface area contributed by atoms with Crippen LogP contribution in [0.2, 0.25) is 5.02 Å². The van der Waals surface area contributed by atoms with Gasteiger partial charge in [0.2, 0.25) is 0 Å². The van der Waals surface area contributed by atoms with Crippen LogP contribution < -0.4 is 5.73 Å². The molecular weight excluding hydrogens is 295 g/mol. The third-order valence-electron chi connectivity index (χ3n) is 2.69. The summed E-state index contributed by atoms with van der Waals surface area (Å²) < 4.78 is 5.63. The molecule has 0 fully saturated rings. The van der Waals surface area contributed by atoms with E-state index in [0.717, 1.165) is 16.1 Å². The van der Waals surface area contributed by atoms with Gasteiger partial charge in [-0.05, 0) is 29.3 Å². The SMILES string of the molecule is Cl.N=C(N)c1cccc(COCc2ccc(Cl)cc2)c1. The predicted octanol–water partition coefficient (Wildman–Crippen LogP) is 3.76. The van der Waals surface area contributed by atoms with Gasteiger partial charge in [0.05, 0.1) is 13.2 Å². The molecule has 3 N–H and O–H groups in total. The average molecular weight is 311 g/mol. The van der Waals surface area contributed by atoms with E-state index in [2.05, 4.69) is 0 Å². The lowest BCUT2D eigenvalue weighted by molar-refractivity contribution is 0.107. The van der Waals surface area contributed by atoms with Crippen LogP contribution in [0.1, 0.15) is 16.7 Å². The topological polar surface area (TPSA) is 59.1 Å². The monoisotopic (exact) mass is 310 g/mol. The number of nitrogens with one attached hydrogen (secondary N) is 1. The molecule has 0 aliphatic heterocycles. The number of nitrogens with two attached hydrogens (primary N) is 1. The van der Waals surface area contributed by atoms with Crippen molar-refractivity contribution in [3.8, 4) is 0 Å². The zero-order valence-corrected chi connectivity index (χ0v) is 12.4. The Morgan fingerprint density at radius 2 is 1.70 bits per heavy atom. The summed E-state index contributed by atoms with van der Waals surface area (Å²) in [6.07, 6.45) is 0. The van der Waals surface area contributed by atoms with Gasteiger partial charge in [-0.2, -0.15) is 0 Å². The second-order valence-corrected chi connectivity index (χ2v) is 4.67. The maximum absolute atomic E-state index is 7.39.